The predicted octanol–water partition coefficient (Wildman–Crippen LogP) is 4.98. The molecule has 0 heterocycles. The van der Waals surface area contributed by atoms with E-state index >= 15 is 0 Å². The van der Waals surface area contributed by atoms with Gasteiger partial charge in [-0.2, -0.15) is 0 Å². The van der Waals surface area contributed by atoms with Crippen molar-refractivity contribution < 1.29 is 22.0 Å². The third kappa shape index (κ3) is 4.90. The van der Waals surface area contributed by atoms with E-state index in [1.54, 1.807) is 13.0 Å². The molecule has 3 aromatic rings. The molecule has 0 atom stereocenters. The first-order valence-corrected chi connectivity index (χ1v) is 10.2. The number of amides is 1. The molecule has 0 aliphatic rings. The highest BCUT2D eigenvalue weighted by Gasteiger charge is 2.17. The summed E-state index contributed by atoms with van der Waals surface area (Å²) in [6, 6.07) is 13.0. The lowest BCUT2D eigenvalue weighted by atomic mass is 10.1. The van der Waals surface area contributed by atoms with E-state index < -0.39 is 27.6 Å². The normalized spacial score (nSPS) is 11.2. The molecule has 0 bridgehead atoms. The zero-order chi connectivity index (χ0) is 21.2. The Labute approximate surface area is 171 Å². The number of halogens is 3. The fourth-order valence-electron chi connectivity index (χ4n) is 2.47. The number of carbonyl (C=O) groups is 1. The van der Waals surface area contributed by atoms with Gasteiger partial charge in [0.15, 0.2) is 11.6 Å². The maximum Gasteiger partial charge on any atom is 0.261 e. The van der Waals surface area contributed by atoms with E-state index in [-0.39, 0.29) is 21.8 Å². The van der Waals surface area contributed by atoms with Gasteiger partial charge in [-0.05, 0) is 61.0 Å². The van der Waals surface area contributed by atoms with E-state index in [1.807, 2.05) is 0 Å². The van der Waals surface area contributed by atoms with Crippen molar-refractivity contribution in [1.29, 1.82) is 0 Å². The van der Waals surface area contributed by atoms with Crippen LogP contribution in [0.25, 0.3) is 0 Å². The molecular formula is C20H15ClF2N2O3S. The van der Waals surface area contributed by atoms with E-state index in [9.17, 15) is 22.0 Å². The smallest absolute Gasteiger partial charge is 0.261 e. The van der Waals surface area contributed by atoms with Crippen LogP contribution in [0.15, 0.2) is 65.6 Å². The van der Waals surface area contributed by atoms with Crippen LogP contribution in [0.4, 0.5) is 20.2 Å². The summed E-state index contributed by atoms with van der Waals surface area (Å²) in [4.78, 5) is 12.4. The minimum atomic E-state index is -3.90. The molecule has 29 heavy (non-hydrogen) atoms. The van der Waals surface area contributed by atoms with Crippen LogP contribution in [0.2, 0.25) is 5.02 Å². The van der Waals surface area contributed by atoms with E-state index in [0.717, 1.165) is 12.1 Å². The summed E-state index contributed by atoms with van der Waals surface area (Å²) in [7, 11) is -3.90. The Morgan fingerprint density at radius 1 is 0.931 bits per heavy atom. The average molecular weight is 437 g/mol. The van der Waals surface area contributed by atoms with Gasteiger partial charge < -0.3 is 5.32 Å². The standard InChI is InChI=1S/C20H15ClF2N2O3S/c1-12-2-3-13(20(26)24-15-6-9-17(22)18(23)11-15)10-19(12)25-29(27,28)16-7-4-14(21)5-8-16/h2-11,25H,1H3,(H,24,26). The number of aryl methyl sites for hydroxylation is 1. The van der Waals surface area contributed by atoms with Gasteiger partial charge in [-0.1, -0.05) is 17.7 Å². The van der Waals surface area contributed by atoms with Gasteiger partial charge in [0.1, 0.15) is 0 Å². The topological polar surface area (TPSA) is 75.3 Å². The van der Waals surface area contributed by atoms with Gasteiger partial charge in [0.25, 0.3) is 15.9 Å². The predicted molar refractivity (Wildman–Crippen MR) is 108 cm³/mol. The number of rotatable bonds is 5. The summed E-state index contributed by atoms with van der Waals surface area (Å²) in [6.45, 7) is 1.68. The number of nitrogens with one attached hydrogen (secondary N) is 2. The summed E-state index contributed by atoms with van der Waals surface area (Å²) in [5.41, 5.74) is 0.997. The summed E-state index contributed by atoms with van der Waals surface area (Å²) in [5, 5.41) is 2.84. The number of sulfonamides is 1. The molecule has 0 saturated carbocycles. The molecule has 0 radical (unpaired) electrons. The maximum atomic E-state index is 13.3. The third-order valence-corrected chi connectivity index (χ3v) is 5.68. The Morgan fingerprint density at radius 2 is 1.62 bits per heavy atom. The Bertz CT molecular complexity index is 1180. The Balaban J connectivity index is 1.84. The van der Waals surface area contributed by atoms with Gasteiger partial charge in [0, 0.05) is 22.3 Å². The number of carbonyl (C=O) groups excluding carboxylic acids is 1. The molecular weight excluding hydrogens is 422 g/mol. The van der Waals surface area contributed by atoms with Crippen LogP contribution in [0.1, 0.15) is 15.9 Å². The van der Waals surface area contributed by atoms with Gasteiger partial charge in [0.05, 0.1) is 10.6 Å². The van der Waals surface area contributed by atoms with Crippen LogP contribution < -0.4 is 10.0 Å². The van der Waals surface area contributed by atoms with Crippen molar-refractivity contribution in [3.05, 3.63) is 88.4 Å². The van der Waals surface area contributed by atoms with E-state index in [0.29, 0.717) is 10.6 Å². The van der Waals surface area contributed by atoms with E-state index in [4.69, 9.17) is 11.6 Å². The zero-order valence-electron chi connectivity index (χ0n) is 15.0. The lowest BCUT2D eigenvalue weighted by molar-refractivity contribution is 0.102. The summed E-state index contributed by atoms with van der Waals surface area (Å²) in [5.74, 6) is -2.73. The van der Waals surface area contributed by atoms with Crippen molar-refractivity contribution in [3.8, 4) is 0 Å². The number of benzene rings is 3. The van der Waals surface area contributed by atoms with Crippen LogP contribution in [0, 0.1) is 18.6 Å². The Morgan fingerprint density at radius 3 is 2.28 bits per heavy atom. The molecule has 1 amide bonds. The molecule has 0 unspecified atom stereocenters. The summed E-state index contributed by atoms with van der Waals surface area (Å²) in [6.07, 6.45) is 0. The minimum absolute atomic E-state index is 0.0120. The molecule has 150 valence electrons. The van der Waals surface area contributed by atoms with Crippen LogP contribution in [-0.2, 0) is 10.0 Å². The first-order chi connectivity index (χ1) is 13.7. The SMILES string of the molecule is Cc1ccc(C(=O)Nc2ccc(F)c(F)c2)cc1NS(=O)(=O)c1ccc(Cl)cc1. The van der Waals surface area contributed by atoms with E-state index in [2.05, 4.69) is 10.0 Å². The van der Waals surface area contributed by atoms with Crippen LogP contribution in [-0.4, -0.2) is 14.3 Å². The monoisotopic (exact) mass is 436 g/mol. The average Bonchev–Trinajstić information content (AvgIpc) is 2.66. The van der Waals surface area contributed by atoms with Crippen LogP contribution in [0.5, 0.6) is 0 Å². The lowest BCUT2D eigenvalue weighted by Crippen LogP contribution is -2.16. The van der Waals surface area contributed by atoms with Crippen molar-refractivity contribution in [2.24, 2.45) is 0 Å². The second-order valence-corrected chi connectivity index (χ2v) is 8.29. The molecule has 3 aromatic carbocycles. The highest BCUT2D eigenvalue weighted by atomic mass is 35.5. The van der Waals surface area contributed by atoms with Crippen LogP contribution >= 0.6 is 11.6 Å². The van der Waals surface area contributed by atoms with E-state index in [1.165, 1.54) is 42.5 Å². The second-order valence-electron chi connectivity index (χ2n) is 6.17. The molecule has 2 N–H and O–H groups in total. The zero-order valence-corrected chi connectivity index (χ0v) is 16.6. The largest absolute Gasteiger partial charge is 0.322 e. The molecule has 5 nitrogen and oxygen atoms in total. The number of anilines is 2. The van der Waals surface area contributed by atoms with Crippen LogP contribution in [0.3, 0.4) is 0 Å². The first-order valence-electron chi connectivity index (χ1n) is 8.31. The third-order valence-electron chi connectivity index (χ3n) is 4.05. The number of hydrogen-bond donors (Lipinski definition) is 2. The van der Waals surface area contributed by atoms with Gasteiger partial charge in [-0.15, -0.1) is 0 Å². The molecule has 9 heteroatoms. The molecule has 0 aromatic heterocycles. The van der Waals surface area contributed by atoms with Crippen molar-refractivity contribution >= 4 is 38.9 Å². The van der Waals surface area contributed by atoms with Crippen molar-refractivity contribution in [2.45, 2.75) is 11.8 Å². The summed E-state index contributed by atoms with van der Waals surface area (Å²) < 4.78 is 53.9. The molecule has 0 spiro atoms. The molecule has 0 saturated heterocycles. The highest BCUT2D eigenvalue weighted by Crippen LogP contribution is 2.23. The van der Waals surface area contributed by atoms with Crippen molar-refractivity contribution in [3.63, 3.8) is 0 Å². The first kappa shape index (κ1) is 20.8. The Hall–Kier alpha value is -2.97. The number of hydrogen-bond acceptors (Lipinski definition) is 3. The van der Waals surface area contributed by atoms with Crippen molar-refractivity contribution in [1.82, 2.24) is 0 Å². The van der Waals surface area contributed by atoms with Gasteiger partial charge in [0.2, 0.25) is 0 Å². The quantitative estimate of drug-likeness (QED) is 0.592. The highest BCUT2D eigenvalue weighted by molar-refractivity contribution is 7.92. The molecule has 3 rings (SSSR count). The minimum Gasteiger partial charge on any atom is -0.322 e. The fourth-order valence-corrected chi connectivity index (χ4v) is 3.72. The van der Waals surface area contributed by atoms with Crippen molar-refractivity contribution in [2.75, 3.05) is 10.0 Å². The molecule has 0 fully saturated rings. The Kier molecular flexibility index (Phi) is 5.86. The fraction of sp³-hybridized carbons (Fsp3) is 0.0500. The maximum absolute atomic E-state index is 13.3. The summed E-state index contributed by atoms with van der Waals surface area (Å²) >= 11 is 5.78. The van der Waals surface area contributed by atoms with Gasteiger partial charge in [-0.25, -0.2) is 17.2 Å². The molecule has 0 aliphatic carbocycles. The second kappa shape index (κ2) is 8.18. The molecule has 0 aliphatic heterocycles. The van der Waals surface area contributed by atoms with Gasteiger partial charge in [-0.3, -0.25) is 9.52 Å². The lowest BCUT2D eigenvalue weighted by Gasteiger charge is -2.13. The van der Waals surface area contributed by atoms with Gasteiger partial charge >= 0.3 is 0 Å².